The molecule has 3 rings (SSSR count). The maximum Gasteiger partial charge on any atom is 0.337 e. The zero-order valence-electron chi connectivity index (χ0n) is 15.0. The molecule has 0 aliphatic carbocycles. The van der Waals surface area contributed by atoms with Crippen molar-refractivity contribution in [3.05, 3.63) is 83.6 Å². The topological polar surface area (TPSA) is 80.3 Å². The number of nitrogens with one attached hydrogen (secondary N) is 2. The molecule has 2 aromatic carbocycles. The number of carbonyl (C=O) groups is 2. The quantitative estimate of drug-likeness (QED) is 0.667. The first-order valence-electron chi connectivity index (χ1n) is 8.34. The van der Waals surface area contributed by atoms with Crippen molar-refractivity contribution in [2.24, 2.45) is 0 Å². The number of aromatic nitrogens is 1. The number of anilines is 3. The predicted molar refractivity (Wildman–Crippen MR) is 104 cm³/mol. The van der Waals surface area contributed by atoms with Crippen molar-refractivity contribution in [2.75, 3.05) is 17.7 Å². The van der Waals surface area contributed by atoms with Crippen molar-refractivity contribution < 1.29 is 14.3 Å². The Kier molecular flexibility index (Phi) is 5.47. The molecule has 0 bridgehead atoms. The molecule has 0 aliphatic rings. The third-order valence-corrected chi connectivity index (χ3v) is 3.89. The van der Waals surface area contributed by atoms with Crippen LogP contribution in [-0.2, 0) is 4.74 Å². The van der Waals surface area contributed by atoms with E-state index >= 15 is 0 Å². The lowest BCUT2D eigenvalue weighted by atomic mass is 10.2. The Bertz CT molecular complexity index is 951. The number of methoxy groups -OCH3 is 1. The number of amides is 1. The first kappa shape index (κ1) is 18.1. The summed E-state index contributed by atoms with van der Waals surface area (Å²) in [5, 5.41) is 5.92. The maximum atomic E-state index is 12.3. The highest BCUT2D eigenvalue weighted by Gasteiger charge is 2.08. The van der Waals surface area contributed by atoms with Gasteiger partial charge in [-0.3, -0.25) is 4.79 Å². The zero-order valence-corrected chi connectivity index (χ0v) is 15.0. The summed E-state index contributed by atoms with van der Waals surface area (Å²) in [7, 11) is 1.34. The van der Waals surface area contributed by atoms with Gasteiger partial charge in [0.2, 0.25) is 0 Å². The van der Waals surface area contributed by atoms with E-state index in [0.717, 1.165) is 11.3 Å². The summed E-state index contributed by atoms with van der Waals surface area (Å²) >= 11 is 0. The van der Waals surface area contributed by atoms with E-state index in [1.165, 1.54) is 13.3 Å². The Morgan fingerprint density at radius 1 is 0.926 bits per heavy atom. The first-order valence-corrected chi connectivity index (χ1v) is 8.34. The summed E-state index contributed by atoms with van der Waals surface area (Å²) in [5.41, 5.74) is 3.44. The molecule has 0 aliphatic heterocycles. The number of hydrogen-bond donors (Lipinski definition) is 2. The molecule has 2 N–H and O–H groups in total. The van der Waals surface area contributed by atoms with Crippen LogP contribution in [0.4, 0.5) is 17.2 Å². The van der Waals surface area contributed by atoms with Gasteiger partial charge >= 0.3 is 5.97 Å². The maximum absolute atomic E-state index is 12.3. The minimum atomic E-state index is -0.408. The standard InChI is InChI=1S/C21H19N3O3/c1-14-6-9-17(10-7-14)24-20(25)16-8-11-19(22-13-16)23-18-5-3-4-15(12-18)21(26)27-2/h3-13H,1-2H3,(H,22,23)(H,24,25). The van der Waals surface area contributed by atoms with Crippen LogP contribution in [0.15, 0.2) is 66.9 Å². The zero-order chi connectivity index (χ0) is 19.2. The highest BCUT2D eigenvalue weighted by molar-refractivity contribution is 6.04. The van der Waals surface area contributed by atoms with Gasteiger partial charge in [-0.1, -0.05) is 23.8 Å². The van der Waals surface area contributed by atoms with Crippen LogP contribution < -0.4 is 10.6 Å². The molecule has 1 aromatic heterocycles. The summed E-state index contributed by atoms with van der Waals surface area (Å²) in [4.78, 5) is 28.2. The lowest BCUT2D eigenvalue weighted by Crippen LogP contribution is -2.12. The van der Waals surface area contributed by atoms with Crippen LogP contribution in [-0.4, -0.2) is 24.0 Å². The van der Waals surface area contributed by atoms with E-state index in [9.17, 15) is 9.59 Å². The van der Waals surface area contributed by atoms with E-state index in [2.05, 4.69) is 15.6 Å². The second-order valence-electron chi connectivity index (χ2n) is 5.95. The first-order chi connectivity index (χ1) is 13.0. The molecule has 6 nitrogen and oxygen atoms in total. The molecule has 0 unspecified atom stereocenters. The third kappa shape index (κ3) is 4.70. The number of rotatable bonds is 5. The van der Waals surface area contributed by atoms with Crippen molar-refractivity contribution in [3.8, 4) is 0 Å². The monoisotopic (exact) mass is 361 g/mol. The minimum Gasteiger partial charge on any atom is -0.465 e. The van der Waals surface area contributed by atoms with Crippen LogP contribution in [0.2, 0.25) is 0 Å². The van der Waals surface area contributed by atoms with E-state index in [1.807, 2.05) is 37.3 Å². The van der Waals surface area contributed by atoms with Gasteiger partial charge in [-0.15, -0.1) is 0 Å². The van der Waals surface area contributed by atoms with E-state index < -0.39 is 5.97 Å². The van der Waals surface area contributed by atoms with Crippen LogP contribution in [0.5, 0.6) is 0 Å². The average Bonchev–Trinajstić information content (AvgIpc) is 2.70. The Labute approximate surface area is 157 Å². The highest BCUT2D eigenvalue weighted by Crippen LogP contribution is 2.17. The van der Waals surface area contributed by atoms with Crippen molar-refractivity contribution >= 4 is 29.1 Å². The molecule has 0 atom stereocenters. The number of aryl methyl sites for hydroxylation is 1. The number of ether oxygens (including phenoxy) is 1. The molecule has 3 aromatic rings. The van der Waals surface area contributed by atoms with Crippen LogP contribution >= 0.6 is 0 Å². The fourth-order valence-corrected chi connectivity index (χ4v) is 2.43. The fraction of sp³-hybridized carbons (Fsp3) is 0.0952. The van der Waals surface area contributed by atoms with E-state index in [0.29, 0.717) is 22.6 Å². The smallest absolute Gasteiger partial charge is 0.337 e. The molecule has 0 saturated carbocycles. The Balaban J connectivity index is 1.67. The van der Waals surface area contributed by atoms with Crippen molar-refractivity contribution in [1.29, 1.82) is 0 Å². The summed E-state index contributed by atoms with van der Waals surface area (Å²) < 4.78 is 4.71. The van der Waals surface area contributed by atoms with Gasteiger partial charge < -0.3 is 15.4 Å². The predicted octanol–water partition coefficient (Wildman–Crippen LogP) is 4.17. The van der Waals surface area contributed by atoms with Gasteiger partial charge in [-0.25, -0.2) is 9.78 Å². The lowest BCUT2D eigenvalue weighted by molar-refractivity contribution is 0.0600. The fourth-order valence-electron chi connectivity index (χ4n) is 2.43. The van der Waals surface area contributed by atoms with Gasteiger partial charge in [-0.2, -0.15) is 0 Å². The normalized spacial score (nSPS) is 10.1. The third-order valence-electron chi connectivity index (χ3n) is 3.89. The van der Waals surface area contributed by atoms with Gasteiger partial charge in [0.15, 0.2) is 0 Å². The van der Waals surface area contributed by atoms with Crippen molar-refractivity contribution in [2.45, 2.75) is 6.92 Å². The summed E-state index contributed by atoms with van der Waals surface area (Å²) in [6.45, 7) is 1.99. The second kappa shape index (κ2) is 8.14. The number of carbonyl (C=O) groups excluding carboxylic acids is 2. The van der Waals surface area contributed by atoms with Crippen LogP contribution in [0, 0.1) is 6.92 Å². The molecular weight excluding hydrogens is 342 g/mol. The van der Waals surface area contributed by atoms with Gasteiger partial charge in [0, 0.05) is 17.6 Å². The molecule has 0 spiro atoms. The summed E-state index contributed by atoms with van der Waals surface area (Å²) in [5.74, 6) is -0.0794. The largest absolute Gasteiger partial charge is 0.465 e. The second-order valence-corrected chi connectivity index (χ2v) is 5.95. The molecular formula is C21H19N3O3. The molecule has 27 heavy (non-hydrogen) atoms. The SMILES string of the molecule is COC(=O)c1cccc(Nc2ccc(C(=O)Nc3ccc(C)cc3)cn2)c1. The molecule has 1 heterocycles. The summed E-state index contributed by atoms with van der Waals surface area (Å²) in [6, 6.07) is 17.9. The molecule has 1 amide bonds. The summed E-state index contributed by atoms with van der Waals surface area (Å²) in [6.07, 6.45) is 1.50. The molecule has 0 fully saturated rings. The van der Waals surface area contributed by atoms with Crippen LogP contribution in [0.1, 0.15) is 26.3 Å². The highest BCUT2D eigenvalue weighted by atomic mass is 16.5. The van der Waals surface area contributed by atoms with E-state index in [4.69, 9.17) is 4.74 Å². The number of benzene rings is 2. The lowest BCUT2D eigenvalue weighted by Gasteiger charge is -2.09. The van der Waals surface area contributed by atoms with Crippen molar-refractivity contribution in [1.82, 2.24) is 4.98 Å². The molecule has 136 valence electrons. The van der Waals surface area contributed by atoms with Crippen LogP contribution in [0.3, 0.4) is 0 Å². The van der Waals surface area contributed by atoms with Crippen LogP contribution in [0.25, 0.3) is 0 Å². The Morgan fingerprint density at radius 3 is 2.37 bits per heavy atom. The molecule has 0 radical (unpaired) electrons. The Hall–Kier alpha value is -3.67. The number of nitrogens with zero attached hydrogens (tertiary/aromatic N) is 1. The number of hydrogen-bond acceptors (Lipinski definition) is 5. The van der Waals surface area contributed by atoms with E-state index in [-0.39, 0.29) is 5.91 Å². The van der Waals surface area contributed by atoms with Gasteiger partial charge in [0.05, 0.1) is 18.2 Å². The molecule has 6 heteroatoms. The van der Waals surface area contributed by atoms with E-state index in [1.54, 1.807) is 30.3 Å². The van der Waals surface area contributed by atoms with Crippen molar-refractivity contribution in [3.63, 3.8) is 0 Å². The van der Waals surface area contributed by atoms with Gasteiger partial charge in [0.25, 0.3) is 5.91 Å². The van der Waals surface area contributed by atoms with Gasteiger partial charge in [-0.05, 0) is 49.4 Å². The average molecular weight is 361 g/mol. The number of pyridine rings is 1. The minimum absolute atomic E-state index is 0.231. The Morgan fingerprint density at radius 2 is 1.70 bits per heavy atom. The van der Waals surface area contributed by atoms with Gasteiger partial charge in [0.1, 0.15) is 5.82 Å². The molecule has 0 saturated heterocycles. The number of esters is 1.